The first-order valence-electron chi connectivity index (χ1n) is 6.34. The van der Waals surface area contributed by atoms with Crippen molar-refractivity contribution in [3.05, 3.63) is 11.6 Å². The standard InChI is InChI=1S/C11H15N3O4S/c15-11(16)8-2-1-4-14-10(8)12-9(13-14)7-3-5-19(17,18)6-7/h7-8H,1-6H2,(H,15,16). The number of carboxylic acids is 1. The molecule has 0 amide bonds. The highest BCUT2D eigenvalue weighted by atomic mass is 32.2. The van der Waals surface area contributed by atoms with Gasteiger partial charge in [0.25, 0.3) is 0 Å². The van der Waals surface area contributed by atoms with Gasteiger partial charge in [-0.15, -0.1) is 0 Å². The zero-order valence-corrected chi connectivity index (χ0v) is 11.1. The summed E-state index contributed by atoms with van der Waals surface area (Å²) in [4.78, 5) is 15.5. The molecule has 3 rings (SSSR count). The molecule has 1 aromatic heterocycles. The number of hydrogen-bond donors (Lipinski definition) is 1. The van der Waals surface area contributed by atoms with Crippen molar-refractivity contribution in [1.29, 1.82) is 0 Å². The van der Waals surface area contributed by atoms with Crippen molar-refractivity contribution in [3.63, 3.8) is 0 Å². The predicted octanol–water partition coefficient (Wildman–Crippen LogP) is 0.142. The average molecular weight is 285 g/mol. The first kappa shape index (κ1) is 12.6. The SMILES string of the molecule is O=C(O)C1CCCn2nc(C3CCS(=O)(=O)C3)nc21. The molecule has 2 unspecified atom stereocenters. The molecule has 104 valence electrons. The molecule has 3 heterocycles. The molecule has 1 saturated heterocycles. The van der Waals surface area contributed by atoms with Gasteiger partial charge < -0.3 is 5.11 Å². The predicted molar refractivity (Wildman–Crippen MR) is 65.6 cm³/mol. The van der Waals surface area contributed by atoms with E-state index in [-0.39, 0.29) is 17.4 Å². The topological polar surface area (TPSA) is 102 Å². The summed E-state index contributed by atoms with van der Waals surface area (Å²) in [5.74, 6) is -0.482. The van der Waals surface area contributed by atoms with Crippen LogP contribution in [0, 0.1) is 0 Å². The minimum atomic E-state index is -2.98. The van der Waals surface area contributed by atoms with Crippen LogP contribution in [0.15, 0.2) is 0 Å². The monoisotopic (exact) mass is 285 g/mol. The smallest absolute Gasteiger partial charge is 0.314 e. The Balaban J connectivity index is 1.92. The molecule has 0 radical (unpaired) electrons. The van der Waals surface area contributed by atoms with Crippen LogP contribution in [0.25, 0.3) is 0 Å². The number of aliphatic carboxylic acids is 1. The van der Waals surface area contributed by atoms with Crippen LogP contribution in [0.2, 0.25) is 0 Å². The van der Waals surface area contributed by atoms with Crippen molar-refractivity contribution >= 4 is 15.8 Å². The summed E-state index contributed by atoms with van der Waals surface area (Å²) in [6.45, 7) is 0.658. The van der Waals surface area contributed by atoms with Crippen molar-refractivity contribution in [1.82, 2.24) is 14.8 Å². The number of fused-ring (bicyclic) bond motifs is 1. The van der Waals surface area contributed by atoms with E-state index < -0.39 is 21.7 Å². The number of sulfone groups is 1. The Labute approximate surface area is 110 Å². The first-order valence-corrected chi connectivity index (χ1v) is 8.16. The van der Waals surface area contributed by atoms with Gasteiger partial charge in [0.1, 0.15) is 11.7 Å². The molecule has 1 fully saturated rings. The van der Waals surface area contributed by atoms with Gasteiger partial charge in [-0.05, 0) is 19.3 Å². The summed E-state index contributed by atoms with van der Waals surface area (Å²) in [5, 5.41) is 13.5. The number of hydrogen-bond acceptors (Lipinski definition) is 5. The van der Waals surface area contributed by atoms with Crippen LogP contribution >= 0.6 is 0 Å². The van der Waals surface area contributed by atoms with Gasteiger partial charge in [0, 0.05) is 12.5 Å². The Kier molecular flexibility index (Phi) is 2.84. The van der Waals surface area contributed by atoms with Gasteiger partial charge in [0.15, 0.2) is 15.7 Å². The van der Waals surface area contributed by atoms with E-state index >= 15 is 0 Å². The maximum Gasteiger partial charge on any atom is 0.314 e. The van der Waals surface area contributed by atoms with E-state index in [1.165, 1.54) is 0 Å². The van der Waals surface area contributed by atoms with Gasteiger partial charge in [-0.3, -0.25) is 4.79 Å². The lowest BCUT2D eigenvalue weighted by Crippen LogP contribution is -2.22. The summed E-state index contributed by atoms with van der Waals surface area (Å²) >= 11 is 0. The number of carbonyl (C=O) groups is 1. The van der Waals surface area contributed by atoms with Crippen molar-refractivity contribution < 1.29 is 18.3 Å². The molecule has 0 aromatic carbocycles. The fourth-order valence-electron chi connectivity index (χ4n) is 2.77. The Morgan fingerprint density at radius 2 is 2.16 bits per heavy atom. The first-order chi connectivity index (χ1) is 8.96. The lowest BCUT2D eigenvalue weighted by Gasteiger charge is -2.17. The van der Waals surface area contributed by atoms with Crippen LogP contribution in [-0.4, -0.2) is 45.8 Å². The molecule has 0 saturated carbocycles. The summed E-state index contributed by atoms with van der Waals surface area (Å²) in [6.07, 6.45) is 1.86. The summed E-state index contributed by atoms with van der Waals surface area (Å²) in [6, 6.07) is 0. The van der Waals surface area contributed by atoms with Crippen LogP contribution in [-0.2, 0) is 21.2 Å². The van der Waals surface area contributed by atoms with Crippen molar-refractivity contribution in [3.8, 4) is 0 Å². The highest BCUT2D eigenvalue weighted by molar-refractivity contribution is 7.91. The van der Waals surface area contributed by atoms with E-state index in [0.717, 1.165) is 6.42 Å². The highest BCUT2D eigenvalue weighted by Crippen LogP contribution is 2.31. The van der Waals surface area contributed by atoms with E-state index in [1.807, 2.05) is 0 Å². The second kappa shape index (κ2) is 4.29. The fraction of sp³-hybridized carbons (Fsp3) is 0.727. The Morgan fingerprint density at radius 3 is 2.79 bits per heavy atom. The zero-order valence-electron chi connectivity index (χ0n) is 10.3. The number of rotatable bonds is 2. The number of aromatic nitrogens is 3. The summed E-state index contributed by atoms with van der Waals surface area (Å²) in [5.41, 5.74) is 0. The number of carboxylic acid groups (broad SMARTS) is 1. The van der Waals surface area contributed by atoms with Gasteiger partial charge >= 0.3 is 5.97 Å². The maximum atomic E-state index is 11.5. The normalized spacial score (nSPS) is 29.1. The Morgan fingerprint density at radius 1 is 1.37 bits per heavy atom. The summed E-state index contributed by atoms with van der Waals surface area (Å²) in [7, 11) is -2.98. The van der Waals surface area contributed by atoms with Crippen LogP contribution < -0.4 is 0 Å². The van der Waals surface area contributed by atoms with Crippen molar-refractivity contribution in [2.45, 2.75) is 37.6 Å². The molecule has 0 spiro atoms. The van der Waals surface area contributed by atoms with Crippen LogP contribution in [0.5, 0.6) is 0 Å². The molecule has 0 bridgehead atoms. The molecule has 2 aliphatic rings. The molecule has 19 heavy (non-hydrogen) atoms. The van der Waals surface area contributed by atoms with E-state index in [0.29, 0.717) is 31.0 Å². The van der Waals surface area contributed by atoms with Crippen molar-refractivity contribution in [2.75, 3.05) is 11.5 Å². The largest absolute Gasteiger partial charge is 0.481 e. The summed E-state index contributed by atoms with van der Waals surface area (Å²) < 4.78 is 24.6. The maximum absolute atomic E-state index is 11.5. The lowest BCUT2D eigenvalue weighted by molar-refractivity contribution is -0.139. The molecule has 7 nitrogen and oxygen atoms in total. The molecule has 1 aromatic rings. The third-order valence-electron chi connectivity index (χ3n) is 3.79. The van der Waals surface area contributed by atoms with Crippen LogP contribution in [0.4, 0.5) is 0 Å². The second-order valence-corrected chi connectivity index (χ2v) is 7.41. The van der Waals surface area contributed by atoms with Gasteiger partial charge in [-0.25, -0.2) is 18.1 Å². The van der Waals surface area contributed by atoms with Crippen LogP contribution in [0.1, 0.15) is 42.7 Å². The van der Waals surface area contributed by atoms with Gasteiger partial charge in [0.2, 0.25) is 0 Å². The van der Waals surface area contributed by atoms with Crippen LogP contribution in [0.3, 0.4) is 0 Å². The van der Waals surface area contributed by atoms with Gasteiger partial charge in [0.05, 0.1) is 11.5 Å². The molecule has 2 aliphatic heterocycles. The third kappa shape index (κ3) is 2.24. The zero-order chi connectivity index (χ0) is 13.6. The minimum absolute atomic E-state index is 0.0776. The molecule has 2 atom stereocenters. The van der Waals surface area contributed by atoms with E-state index in [1.54, 1.807) is 4.68 Å². The Bertz CT molecular complexity index is 622. The average Bonchev–Trinajstić information content (AvgIpc) is 2.90. The Hall–Kier alpha value is -1.44. The lowest BCUT2D eigenvalue weighted by atomic mass is 9.99. The van der Waals surface area contributed by atoms with E-state index in [2.05, 4.69) is 10.1 Å². The quantitative estimate of drug-likeness (QED) is 0.829. The molecule has 8 heteroatoms. The highest BCUT2D eigenvalue weighted by Gasteiger charge is 2.35. The molecular formula is C11H15N3O4S. The van der Waals surface area contributed by atoms with E-state index in [9.17, 15) is 13.2 Å². The number of aryl methyl sites for hydroxylation is 1. The molecule has 1 N–H and O–H groups in total. The third-order valence-corrected chi connectivity index (χ3v) is 5.55. The van der Waals surface area contributed by atoms with Gasteiger partial charge in [-0.2, -0.15) is 5.10 Å². The van der Waals surface area contributed by atoms with Crippen molar-refractivity contribution in [2.24, 2.45) is 0 Å². The van der Waals surface area contributed by atoms with E-state index in [4.69, 9.17) is 5.11 Å². The molecular weight excluding hydrogens is 270 g/mol. The van der Waals surface area contributed by atoms with Gasteiger partial charge in [-0.1, -0.05) is 0 Å². The fourth-order valence-corrected chi connectivity index (χ4v) is 4.51. The molecule has 0 aliphatic carbocycles. The second-order valence-electron chi connectivity index (χ2n) is 5.18. The minimum Gasteiger partial charge on any atom is -0.481 e. The number of nitrogens with zero attached hydrogens (tertiary/aromatic N) is 3.